The Labute approximate surface area is 155 Å². The maximum absolute atomic E-state index is 13.9. The van der Waals surface area contributed by atoms with Crippen molar-refractivity contribution in [3.05, 3.63) is 72.8 Å². The summed E-state index contributed by atoms with van der Waals surface area (Å²) in [6.07, 6.45) is 5.47. The zero-order valence-electron chi connectivity index (χ0n) is 14.6. The number of halogens is 2. The van der Waals surface area contributed by atoms with E-state index in [1.54, 1.807) is 35.6 Å². The van der Waals surface area contributed by atoms with E-state index >= 15 is 0 Å². The fourth-order valence-corrected chi connectivity index (χ4v) is 3.31. The van der Waals surface area contributed by atoms with Crippen molar-refractivity contribution in [2.75, 3.05) is 22.9 Å². The minimum absolute atomic E-state index is 0.0321. The summed E-state index contributed by atoms with van der Waals surface area (Å²) < 4.78 is 29.0. The molecule has 5 nitrogen and oxygen atoms in total. The van der Waals surface area contributed by atoms with Gasteiger partial charge in [-0.05, 0) is 42.5 Å². The van der Waals surface area contributed by atoms with Crippen LogP contribution >= 0.6 is 0 Å². The van der Waals surface area contributed by atoms with E-state index in [0.29, 0.717) is 37.4 Å². The van der Waals surface area contributed by atoms with E-state index < -0.39 is 0 Å². The lowest BCUT2D eigenvalue weighted by atomic mass is 10.1. The second-order valence-electron chi connectivity index (χ2n) is 6.36. The fourth-order valence-electron chi connectivity index (χ4n) is 3.31. The quantitative estimate of drug-likeness (QED) is 0.705. The first-order valence-corrected chi connectivity index (χ1v) is 8.70. The highest BCUT2D eigenvalue weighted by Gasteiger charge is 2.27. The number of rotatable bonds is 4. The summed E-state index contributed by atoms with van der Waals surface area (Å²) in [5, 5.41) is 0. The topological polar surface area (TPSA) is 41.4 Å². The number of aromatic nitrogens is 2. The Bertz CT molecular complexity index is 941. The first-order chi connectivity index (χ1) is 13.1. The van der Waals surface area contributed by atoms with Gasteiger partial charge in [0.2, 0.25) is 5.91 Å². The molecule has 1 aromatic heterocycles. The molecule has 0 saturated carbocycles. The van der Waals surface area contributed by atoms with Gasteiger partial charge in [0.05, 0.1) is 17.7 Å². The number of fused-ring (bicyclic) bond motifs is 1. The Morgan fingerprint density at radius 2 is 1.78 bits per heavy atom. The molecule has 2 heterocycles. The molecule has 1 aliphatic heterocycles. The Morgan fingerprint density at radius 3 is 2.52 bits per heavy atom. The van der Waals surface area contributed by atoms with Crippen molar-refractivity contribution in [2.45, 2.75) is 13.0 Å². The average Bonchev–Trinajstić information content (AvgIpc) is 3.19. The second-order valence-corrected chi connectivity index (χ2v) is 6.36. The van der Waals surface area contributed by atoms with Crippen molar-refractivity contribution in [3.63, 3.8) is 0 Å². The van der Waals surface area contributed by atoms with Crippen molar-refractivity contribution >= 4 is 23.0 Å². The molecule has 3 aromatic rings. The number of carbonyl (C=O) groups excluding carboxylic acids is 1. The highest BCUT2D eigenvalue weighted by Crippen LogP contribution is 2.38. The molecule has 0 unspecified atom stereocenters. The van der Waals surface area contributed by atoms with Crippen LogP contribution in [0.5, 0.6) is 0 Å². The SMILES string of the molecule is O=C(CCn1ccnc1)N1CCN(c2ccc(F)cc2)c2cc(F)ccc21. The molecule has 4 rings (SSSR count). The molecule has 0 N–H and O–H groups in total. The van der Waals surface area contributed by atoms with Gasteiger partial charge in [-0.15, -0.1) is 0 Å². The summed E-state index contributed by atoms with van der Waals surface area (Å²) in [6.45, 7) is 1.51. The highest BCUT2D eigenvalue weighted by atomic mass is 19.1. The Morgan fingerprint density at radius 1 is 1.00 bits per heavy atom. The Kier molecular flexibility index (Phi) is 4.58. The van der Waals surface area contributed by atoms with Crippen LogP contribution in [0.15, 0.2) is 61.2 Å². The molecule has 1 aliphatic rings. The van der Waals surface area contributed by atoms with Crippen molar-refractivity contribution in [2.24, 2.45) is 0 Å². The summed E-state index contributed by atoms with van der Waals surface area (Å²) in [5.41, 5.74) is 2.01. The van der Waals surface area contributed by atoms with E-state index in [1.165, 1.54) is 24.3 Å². The summed E-state index contributed by atoms with van der Waals surface area (Å²) in [6, 6.07) is 10.4. The van der Waals surface area contributed by atoms with E-state index in [2.05, 4.69) is 4.98 Å². The predicted molar refractivity (Wildman–Crippen MR) is 99.0 cm³/mol. The summed E-state index contributed by atoms with van der Waals surface area (Å²) in [5.74, 6) is -0.740. The lowest BCUT2D eigenvalue weighted by Gasteiger charge is -2.38. The number of carbonyl (C=O) groups is 1. The van der Waals surface area contributed by atoms with Crippen LogP contribution in [-0.4, -0.2) is 28.5 Å². The monoisotopic (exact) mass is 368 g/mol. The van der Waals surface area contributed by atoms with Crippen LogP contribution in [0, 0.1) is 11.6 Å². The van der Waals surface area contributed by atoms with Crippen LogP contribution in [0.4, 0.5) is 25.8 Å². The molecular formula is C20H18F2N4O. The van der Waals surface area contributed by atoms with E-state index in [1.807, 2.05) is 15.7 Å². The lowest BCUT2D eigenvalue weighted by molar-refractivity contribution is -0.118. The molecule has 0 radical (unpaired) electrons. The first-order valence-electron chi connectivity index (χ1n) is 8.70. The minimum Gasteiger partial charge on any atom is -0.338 e. The van der Waals surface area contributed by atoms with Crippen molar-refractivity contribution < 1.29 is 13.6 Å². The van der Waals surface area contributed by atoms with Crippen LogP contribution in [0.25, 0.3) is 0 Å². The summed E-state index contributed by atoms with van der Waals surface area (Å²) in [7, 11) is 0. The second kappa shape index (κ2) is 7.19. The largest absolute Gasteiger partial charge is 0.338 e. The zero-order chi connectivity index (χ0) is 18.8. The van der Waals surface area contributed by atoms with E-state index in [0.717, 1.165) is 5.69 Å². The van der Waals surface area contributed by atoms with Gasteiger partial charge < -0.3 is 14.4 Å². The summed E-state index contributed by atoms with van der Waals surface area (Å²) in [4.78, 5) is 20.3. The van der Waals surface area contributed by atoms with E-state index in [-0.39, 0.29) is 17.5 Å². The van der Waals surface area contributed by atoms with Gasteiger partial charge in [-0.2, -0.15) is 0 Å². The molecule has 138 valence electrons. The maximum Gasteiger partial charge on any atom is 0.228 e. The molecule has 0 spiro atoms. The highest BCUT2D eigenvalue weighted by molar-refractivity contribution is 5.98. The number of aryl methyl sites for hydroxylation is 1. The summed E-state index contributed by atoms with van der Waals surface area (Å²) >= 11 is 0. The van der Waals surface area contributed by atoms with Gasteiger partial charge in [0, 0.05) is 44.1 Å². The molecule has 0 fully saturated rings. The predicted octanol–water partition coefficient (Wildman–Crippen LogP) is 3.74. The smallest absolute Gasteiger partial charge is 0.228 e. The van der Waals surface area contributed by atoms with Gasteiger partial charge in [0.1, 0.15) is 11.6 Å². The van der Waals surface area contributed by atoms with Crippen LogP contribution in [0.2, 0.25) is 0 Å². The number of anilines is 3. The molecule has 27 heavy (non-hydrogen) atoms. The van der Waals surface area contributed by atoms with Crippen LogP contribution in [0.3, 0.4) is 0 Å². The van der Waals surface area contributed by atoms with Gasteiger partial charge in [0.25, 0.3) is 0 Å². The van der Waals surface area contributed by atoms with Crippen LogP contribution < -0.4 is 9.80 Å². The molecule has 2 aromatic carbocycles. The minimum atomic E-state index is -0.381. The third-order valence-electron chi connectivity index (χ3n) is 4.65. The molecule has 7 heteroatoms. The van der Waals surface area contributed by atoms with Crippen molar-refractivity contribution in [1.82, 2.24) is 9.55 Å². The number of hydrogen-bond donors (Lipinski definition) is 0. The standard InChI is InChI=1S/C20H18F2N4O/c21-15-1-4-17(5-2-15)25-11-12-26(18-6-3-16(22)13-19(18)25)20(27)7-9-24-10-8-23-14-24/h1-6,8,10,13-14H,7,9,11-12H2. The lowest BCUT2D eigenvalue weighted by Crippen LogP contribution is -2.42. The molecule has 0 saturated heterocycles. The Balaban J connectivity index is 1.61. The zero-order valence-corrected chi connectivity index (χ0v) is 14.6. The number of amides is 1. The first kappa shape index (κ1) is 17.2. The third kappa shape index (κ3) is 3.53. The third-order valence-corrected chi connectivity index (χ3v) is 4.65. The molecular weight excluding hydrogens is 350 g/mol. The van der Waals surface area contributed by atoms with Crippen molar-refractivity contribution in [1.29, 1.82) is 0 Å². The number of imidazole rings is 1. The van der Waals surface area contributed by atoms with Gasteiger partial charge in [-0.1, -0.05) is 0 Å². The number of benzene rings is 2. The van der Waals surface area contributed by atoms with Gasteiger partial charge in [-0.3, -0.25) is 4.79 Å². The molecule has 0 atom stereocenters. The molecule has 0 bridgehead atoms. The Hall–Kier alpha value is -3.22. The van der Waals surface area contributed by atoms with Crippen LogP contribution in [0.1, 0.15) is 6.42 Å². The van der Waals surface area contributed by atoms with Gasteiger partial charge >= 0.3 is 0 Å². The van der Waals surface area contributed by atoms with Gasteiger partial charge in [0.15, 0.2) is 0 Å². The molecule has 0 aliphatic carbocycles. The van der Waals surface area contributed by atoms with E-state index in [9.17, 15) is 13.6 Å². The van der Waals surface area contributed by atoms with Crippen molar-refractivity contribution in [3.8, 4) is 0 Å². The molecule has 1 amide bonds. The number of nitrogens with zero attached hydrogens (tertiary/aromatic N) is 4. The van der Waals surface area contributed by atoms with E-state index in [4.69, 9.17) is 0 Å². The average molecular weight is 368 g/mol. The number of hydrogen-bond acceptors (Lipinski definition) is 3. The van der Waals surface area contributed by atoms with Crippen LogP contribution in [-0.2, 0) is 11.3 Å². The maximum atomic E-state index is 13.9. The normalized spacial score (nSPS) is 13.6. The van der Waals surface area contributed by atoms with Gasteiger partial charge in [-0.25, -0.2) is 13.8 Å². The fraction of sp³-hybridized carbons (Fsp3) is 0.200.